The summed E-state index contributed by atoms with van der Waals surface area (Å²) in [6, 6.07) is 0. The van der Waals surface area contributed by atoms with Gasteiger partial charge >= 0.3 is 29.6 Å². The van der Waals surface area contributed by atoms with Gasteiger partial charge in [0.25, 0.3) is 0 Å². The molecule has 35 heavy (non-hydrogen) atoms. The van der Waals surface area contributed by atoms with Crippen molar-refractivity contribution in [2.24, 2.45) is 10.9 Å². The summed E-state index contributed by atoms with van der Waals surface area (Å²) >= 11 is 5.00. The van der Waals surface area contributed by atoms with Gasteiger partial charge in [0.2, 0.25) is 0 Å². The predicted molar refractivity (Wildman–Crippen MR) is 142 cm³/mol. The maximum atomic E-state index is 9.83. The summed E-state index contributed by atoms with van der Waals surface area (Å²) in [5, 5.41) is 17.8. The molecule has 1 aliphatic rings. The first kappa shape index (κ1) is 37.5. The molecule has 0 radical (unpaired) electrons. The summed E-state index contributed by atoms with van der Waals surface area (Å²) in [4.78, 5) is 7.14. The molecule has 0 saturated carbocycles. The van der Waals surface area contributed by atoms with Gasteiger partial charge in [0.1, 0.15) is 5.84 Å². The Hall–Kier alpha value is 0.330. The molecule has 2 atom stereocenters. The van der Waals surface area contributed by atoms with Crippen LogP contribution in [-0.2, 0) is 10.1 Å². The van der Waals surface area contributed by atoms with Crippen LogP contribution >= 0.6 is 11.6 Å². The minimum Gasteiger partial charge on any atom is -0.748 e. The topological polar surface area (TPSA) is 113 Å². The van der Waals surface area contributed by atoms with E-state index in [1.165, 1.54) is 82.9 Å². The molecule has 202 valence electrons. The molecular formula is C25H48ClN2NaO5S. The number of aliphatic imine (C=N–C) groups is 1. The van der Waals surface area contributed by atoms with Crippen molar-refractivity contribution in [3.63, 3.8) is 0 Å². The Labute approximate surface area is 241 Å². The molecule has 1 heterocycles. The van der Waals surface area contributed by atoms with Gasteiger partial charge in [0.05, 0.1) is 35.1 Å². The maximum absolute atomic E-state index is 9.83. The standard InChI is InChI=1S/C22H42N2O.C3H7ClO4S.Na/c1-3-5-7-9-10-12-14-16-21(15-13-11-8-6-4-2)22-23-17-18-24(22)19-20-25;4-1-3(5)2-9(6,7)8;/h4,6,21,25H,3,5,7-20H2,1-2H3;3,5H,1-2H2,(H,6,7,8);/q;;+1/p-1/b6-4+;;. The third-order valence-corrected chi connectivity index (χ3v) is 6.99. The van der Waals surface area contributed by atoms with Gasteiger partial charge < -0.3 is 19.7 Å². The second kappa shape index (κ2) is 24.7. The largest absolute Gasteiger partial charge is 1.00 e. The predicted octanol–water partition coefficient (Wildman–Crippen LogP) is 1.72. The van der Waals surface area contributed by atoms with Crippen molar-refractivity contribution in [1.82, 2.24) is 4.90 Å². The fourth-order valence-electron chi connectivity index (χ4n) is 4.08. The number of nitrogens with zero attached hydrogens (tertiary/aromatic N) is 2. The van der Waals surface area contributed by atoms with E-state index in [0.29, 0.717) is 5.92 Å². The number of amidine groups is 1. The third-order valence-electron chi connectivity index (χ3n) is 5.84. The Balaban J connectivity index is 0. The number of rotatable bonds is 19. The second-order valence-corrected chi connectivity index (χ2v) is 10.7. The monoisotopic (exact) mass is 546 g/mol. The van der Waals surface area contributed by atoms with Crippen LogP contribution in [0.5, 0.6) is 0 Å². The first-order valence-corrected chi connectivity index (χ1v) is 15.1. The number of allylic oxidation sites excluding steroid dienone is 2. The molecule has 1 rings (SSSR count). The van der Waals surface area contributed by atoms with Crippen LogP contribution in [0.25, 0.3) is 0 Å². The number of β-amino-alcohol motifs (C(OH)–C–C–N with tert-alkyl or cyclic N) is 1. The number of alkyl halides is 1. The molecular weight excluding hydrogens is 499 g/mol. The van der Waals surface area contributed by atoms with Gasteiger partial charge in [-0.1, -0.05) is 70.4 Å². The van der Waals surface area contributed by atoms with Crippen LogP contribution < -0.4 is 29.6 Å². The molecule has 0 amide bonds. The molecule has 1 aliphatic heterocycles. The van der Waals surface area contributed by atoms with Crippen LogP contribution in [0.2, 0.25) is 0 Å². The Morgan fingerprint density at radius 3 is 2.23 bits per heavy atom. The van der Waals surface area contributed by atoms with E-state index in [2.05, 4.69) is 30.9 Å². The molecule has 0 aliphatic carbocycles. The number of hydrogen-bond acceptors (Lipinski definition) is 7. The van der Waals surface area contributed by atoms with E-state index in [1.54, 1.807) is 0 Å². The molecule has 0 aromatic rings. The first-order chi connectivity index (χ1) is 16.3. The Bertz CT molecular complexity index is 650. The molecule has 0 bridgehead atoms. The van der Waals surface area contributed by atoms with E-state index < -0.39 is 22.0 Å². The SMILES string of the molecule is C/C=C/CCCCC(CCCCCCCCC)C1=NCCN1CCO.O=S(=O)([O-])CC(O)CCl.[Na+]. The number of aliphatic hydroxyl groups excluding tert-OH is 2. The van der Waals surface area contributed by atoms with E-state index >= 15 is 0 Å². The van der Waals surface area contributed by atoms with Gasteiger partial charge in [0.15, 0.2) is 0 Å². The minimum absolute atomic E-state index is 0. The van der Waals surface area contributed by atoms with E-state index in [9.17, 15) is 18.1 Å². The summed E-state index contributed by atoms with van der Waals surface area (Å²) in [5.74, 6) is 0.860. The molecule has 7 nitrogen and oxygen atoms in total. The summed E-state index contributed by atoms with van der Waals surface area (Å²) in [7, 11) is -4.32. The van der Waals surface area contributed by atoms with Gasteiger partial charge in [0, 0.05) is 24.9 Å². The van der Waals surface area contributed by atoms with E-state index in [1.807, 2.05) is 0 Å². The first-order valence-electron chi connectivity index (χ1n) is 13.0. The van der Waals surface area contributed by atoms with Crippen LogP contribution in [0, 0.1) is 5.92 Å². The molecule has 0 fully saturated rings. The molecule has 0 spiro atoms. The van der Waals surface area contributed by atoms with Crippen molar-refractivity contribution in [3.8, 4) is 0 Å². The molecule has 0 aromatic heterocycles. The average molecular weight is 547 g/mol. The van der Waals surface area contributed by atoms with Crippen LogP contribution in [0.15, 0.2) is 17.1 Å². The van der Waals surface area contributed by atoms with Crippen molar-refractivity contribution in [2.45, 2.75) is 97.0 Å². The Kier molecular flexibility index (Phi) is 26.4. The fourth-order valence-corrected chi connectivity index (χ4v) is 4.91. The maximum Gasteiger partial charge on any atom is 1.00 e. The van der Waals surface area contributed by atoms with Gasteiger partial charge in [-0.2, -0.15) is 0 Å². The average Bonchev–Trinajstić information content (AvgIpc) is 3.24. The quantitative estimate of drug-likeness (QED) is 0.0838. The summed E-state index contributed by atoms with van der Waals surface area (Å²) in [6.07, 6.45) is 19.1. The van der Waals surface area contributed by atoms with Crippen LogP contribution in [-0.4, -0.2) is 77.9 Å². The van der Waals surface area contributed by atoms with E-state index in [4.69, 9.17) is 21.7 Å². The molecule has 10 heteroatoms. The fraction of sp³-hybridized carbons (Fsp3) is 0.880. The summed E-state index contributed by atoms with van der Waals surface area (Å²) in [5.41, 5.74) is 0. The summed E-state index contributed by atoms with van der Waals surface area (Å²) < 4.78 is 29.5. The number of unbranched alkanes of at least 4 members (excludes halogenated alkanes) is 8. The molecule has 2 unspecified atom stereocenters. The van der Waals surface area contributed by atoms with E-state index in [-0.39, 0.29) is 42.0 Å². The van der Waals surface area contributed by atoms with Crippen molar-refractivity contribution >= 4 is 27.6 Å². The molecule has 0 aromatic carbocycles. The smallest absolute Gasteiger partial charge is 0.748 e. The zero-order valence-corrected chi connectivity index (χ0v) is 25.9. The second-order valence-electron chi connectivity index (χ2n) is 8.94. The van der Waals surface area contributed by atoms with Crippen molar-refractivity contribution < 1.29 is 52.7 Å². The van der Waals surface area contributed by atoms with Crippen LogP contribution in [0.4, 0.5) is 0 Å². The van der Waals surface area contributed by atoms with Crippen molar-refractivity contribution in [3.05, 3.63) is 12.2 Å². The molecule has 2 N–H and O–H groups in total. The van der Waals surface area contributed by atoms with Gasteiger partial charge in [-0.25, -0.2) is 8.42 Å². The number of halogens is 1. The van der Waals surface area contributed by atoms with Crippen molar-refractivity contribution in [2.75, 3.05) is 37.9 Å². The van der Waals surface area contributed by atoms with Crippen molar-refractivity contribution in [1.29, 1.82) is 0 Å². The normalized spacial score (nSPS) is 15.4. The van der Waals surface area contributed by atoms with Gasteiger partial charge in [-0.3, -0.25) is 4.99 Å². The zero-order chi connectivity index (χ0) is 25.7. The Morgan fingerprint density at radius 2 is 1.71 bits per heavy atom. The van der Waals surface area contributed by atoms with Gasteiger partial charge in [-0.05, 0) is 32.6 Å². The third kappa shape index (κ3) is 22.1. The van der Waals surface area contributed by atoms with Gasteiger partial charge in [-0.15, -0.1) is 11.6 Å². The molecule has 0 saturated heterocycles. The summed E-state index contributed by atoms with van der Waals surface area (Å²) in [6.45, 7) is 7.30. The zero-order valence-electron chi connectivity index (χ0n) is 22.3. The van der Waals surface area contributed by atoms with Crippen LogP contribution in [0.3, 0.4) is 0 Å². The van der Waals surface area contributed by atoms with Crippen LogP contribution in [0.1, 0.15) is 90.9 Å². The number of aliphatic hydroxyl groups is 2. The minimum atomic E-state index is -4.32. The number of hydrogen-bond donors (Lipinski definition) is 2. The van der Waals surface area contributed by atoms with E-state index in [0.717, 1.165) is 19.6 Å². The Morgan fingerprint density at radius 1 is 1.11 bits per heavy atom.